The summed E-state index contributed by atoms with van der Waals surface area (Å²) in [5.74, 6) is -0.418. The Labute approximate surface area is 152 Å². The molecule has 7 nitrogen and oxygen atoms in total. The maximum absolute atomic E-state index is 12.5. The Bertz CT molecular complexity index is 853. The van der Waals surface area contributed by atoms with Gasteiger partial charge in [0.25, 0.3) is 0 Å². The van der Waals surface area contributed by atoms with Crippen molar-refractivity contribution < 1.29 is 14.7 Å². The van der Waals surface area contributed by atoms with E-state index in [9.17, 15) is 14.7 Å². The van der Waals surface area contributed by atoms with E-state index in [2.05, 4.69) is 16.5 Å². The molecule has 1 aromatic carbocycles. The second kappa shape index (κ2) is 6.48. The molecule has 2 amide bonds. The normalized spacial score (nSPS) is 19.6. The summed E-state index contributed by atoms with van der Waals surface area (Å²) in [6.07, 6.45) is 0.450. The molecular formula is C19H24N4O3. The van der Waals surface area contributed by atoms with Crippen LogP contribution in [0.4, 0.5) is 10.6 Å². The molecule has 0 saturated carbocycles. The summed E-state index contributed by atoms with van der Waals surface area (Å²) >= 11 is 0. The number of amides is 2. The number of hydrogen-bond acceptors (Lipinski definition) is 3. The van der Waals surface area contributed by atoms with E-state index in [4.69, 9.17) is 0 Å². The first-order chi connectivity index (χ1) is 12.2. The van der Waals surface area contributed by atoms with Crippen molar-refractivity contribution in [3.63, 3.8) is 0 Å². The van der Waals surface area contributed by atoms with Crippen molar-refractivity contribution >= 4 is 17.8 Å². The average Bonchev–Trinajstić information content (AvgIpc) is 3.10. The summed E-state index contributed by atoms with van der Waals surface area (Å²) in [5.41, 5.74) is 3.25. The molecule has 1 aliphatic heterocycles. The van der Waals surface area contributed by atoms with Crippen molar-refractivity contribution in [2.45, 2.75) is 34.1 Å². The highest BCUT2D eigenvalue weighted by Gasteiger charge is 2.42. The van der Waals surface area contributed by atoms with Crippen LogP contribution in [0.5, 0.6) is 0 Å². The first-order valence-corrected chi connectivity index (χ1v) is 8.63. The van der Waals surface area contributed by atoms with Crippen LogP contribution in [-0.4, -0.2) is 44.9 Å². The minimum Gasteiger partial charge on any atom is -0.481 e. The molecular weight excluding hydrogens is 332 g/mol. The number of rotatable bonds is 3. The molecule has 1 unspecified atom stereocenters. The van der Waals surface area contributed by atoms with Gasteiger partial charge in [-0.2, -0.15) is 0 Å². The van der Waals surface area contributed by atoms with E-state index in [1.54, 1.807) is 11.6 Å². The fourth-order valence-corrected chi connectivity index (χ4v) is 3.37. The van der Waals surface area contributed by atoms with E-state index in [-0.39, 0.29) is 12.6 Å². The third kappa shape index (κ3) is 3.42. The van der Waals surface area contributed by atoms with Gasteiger partial charge in [-0.05, 0) is 57.4 Å². The highest BCUT2D eigenvalue weighted by molar-refractivity contribution is 5.89. The second-order valence-electron chi connectivity index (χ2n) is 7.40. The SMILES string of the molecule is Cc1cc(C)cc(-n2nc(NC(=O)N3CCC(C)(C(=O)O)C3)cc2C)c1. The molecule has 0 aliphatic carbocycles. The Morgan fingerprint density at radius 3 is 2.38 bits per heavy atom. The van der Waals surface area contributed by atoms with Crippen LogP contribution in [0, 0.1) is 26.2 Å². The first-order valence-electron chi connectivity index (χ1n) is 8.63. The van der Waals surface area contributed by atoms with Crippen LogP contribution >= 0.6 is 0 Å². The summed E-state index contributed by atoms with van der Waals surface area (Å²) in [7, 11) is 0. The molecule has 2 aromatic rings. The number of aromatic nitrogens is 2. The number of carboxylic acid groups (broad SMARTS) is 1. The van der Waals surface area contributed by atoms with Crippen LogP contribution in [0.15, 0.2) is 24.3 Å². The lowest BCUT2D eigenvalue weighted by molar-refractivity contribution is -0.146. The fraction of sp³-hybridized carbons (Fsp3) is 0.421. The van der Waals surface area contributed by atoms with Gasteiger partial charge < -0.3 is 10.0 Å². The minimum atomic E-state index is -0.883. The van der Waals surface area contributed by atoms with Crippen molar-refractivity contribution in [1.82, 2.24) is 14.7 Å². The van der Waals surface area contributed by atoms with Crippen LogP contribution in [0.2, 0.25) is 0 Å². The lowest BCUT2D eigenvalue weighted by Gasteiger charge is -2.20. The van der Waals surface area contributed by atoms with E-state index in [0.717, 1.165) is 22.5 Å². The predicted octanol–water partition coefficient (Wildman–Crippen LogP) is 3.13. The Balaban J connectivity index is 1.76. The molecule has 1 atom stereocenters. The summed E-state index contributed by atoms with van der Waals surface area (Å²) in [5, 5.41) is 16.6. The third-order valence-corrected chi connectivity index (χ3v) is 4.85. The van der Waals surface area contributed by atoms with Crippen molar-refractivity contribution in [2.24, 2.45) is 5.41 Å². The zero-order valence-electron chi connectivity index (χ0n) is 15.5. The summed E-state index contributed by atoms with van der Waals surface area (Å²) in [6.45, 7) is 8.28. The van der Waals surface area contributed by atoms with E-state index in [0.29, 0.717) is 18.8 Å². The Morgan fingerprint density at radius 2 is 1.81 bits per heavy atom. The molecule has 26 heavy (non-hydrogen) atoms. The lowest BCUT2D eigenvalue weighted by atomic mass is 9.90. The molecule has 0 spiro atoms. The van der Waals surface area contributed by atoms with Crippen LogP contribution in [0.25, 0.3) is 5.69 Å². The summed E-state index contributed by atoms with van der Waals surface area (Å²) < 4.78 is 1.79. The number of urea groups is 1. The number of carboxylic acids is 1. The largest absolute Gasteiger partial charge is 0.481 e. The molecule has 0 bridgehead atoms. The Kier molecular flexibility index (Phi) is 4.48. The zero-order valence-corrected chi connectivity index (χ0v) is 15.5. The molecule has 1 fully saturated rings. The average molecular weight is 356 g/mol. The van der Waals surface area contributed by atoms with Gasteiger partial charge in [0.15, 0.2) is 5.82 Å². The van der Waals surface area contributed by atoms with Crippen LogP contribution in [0.1, 0.15) is 30.2 Å². The zero-order chi connectivity index (χ0) is 19.1. The van der Waals surface area contributed by atoms with Crippen molar-refractivity contribution in [3.05, 3.63) is 41.1 Å². The molecule has 1 aliphatic rings. The fourth-order valence-electron chi connectivity index (χ4n) is 3.37. The first kappa shape index (κ1) is 18.0. The highest BCUT2D eigenvalue weighted by Crippen LogP contribution is 2.30. The summed E-state index contributed by atoms with van der Waals surface area (Å²) in [6, 6.07) is 7.66. The monoisotopic (exact) mass is 356 g/mol. The molecule has 3 rings (SSSR count). The van der Waals surface area contributed by atoms with Crippen LogP contribution < -0.4 is 5.32 Å². The van der Waals surface area contributed by atoms with Gasteiger partial charge in [0.1, 0.15) is 0 Å². The van der Waals surface area contributed by atoms with Gasteiger partial charge in [-0.1, -0.05) is 6.07 Å². The third-order valence-electron chi connectivity index (χ3n) is 4.85. The number of anilines is 1. The van der Waals surface area contributed by atoms with Gasteiger partial charge >= 0.3 is 12.0 Å². The van der Waals surface area contributed by atoms with E-state index in [1.807, 2.05) is 39.0 Å². The number of nitrogens with one attached hydrogen (secondary N) is 1. The van der Waals surface area contributed by atoms with Crippen LogP contribution in [0.3, 0.4) is 0 Å². The number of carbonyl (C=O) groups excluding carboxylic acids is 1. The number of aliphatic carboxylic acids is 1. The second-order valence-corrected chi connectivity index (χ2v) is 7.40. The standard InChI is InChI=1S/C19H24N4O3/c1-12-7-13(2)9-15(8-12)23-14(3)10-16(21-23)20-18(26)22-6-5-19(4,11-22)17(24)25/h7-10H,5-6,11H2,1-4H3,(H,24,25)(H,20,21,26). The molecule has 138 valence electrons. The van der Waals surface area contributed by atoms with Gasteiger partial charge in [0.05, 0.1) is 11.1 Å². The van der Waals surface area contributed by atoms with Crippen LogP contribution in [-0.2, 0) is 4.79 Å². The van der Waals surface area contributed by atoms with Gasteiger partial charge in [0.2, 0.25) is 0 Å². The molecule has 0 radical (unpaired) electrons. The molecule has 1 saturated heterocycles. The highest BCUT2D eigenvalue weighted by atomic mass is 16.4. The van der Waals surface area contributed by atoms with E-state index >= 15 is 0 Å². The molecule has 7 heteroatoms. The van der Waals surface area contributed by atoms with Gasteiger partial charge in [-0.3, -0.25) is 10.1 Å². The maximum Gasteiger partial charge on any atom is 0.323 e. The minimum absolute atomic E-state index is 0.199. The predicted molar refractivity (Wildman–Crippen MR) is 98.7 cm³/mol. The van der Waals surface area contributed by atoms with Crippen molar-refractivity contribution in [1.29, 1.82) is 0 Å². The number of aryl methyl sites for hydroxylation is 3. The number of carbonyl (C=O) groups is 2. The smallest absolute Gasteiger partial charge is 0.323 e. The Hall–Kier alpha value is -2.83. The number of nitrogens with zero attached hydrogens (tertiary/aromatic N) is 3. The number of hydrogen-bond donors (Lipinski definition) is 2. The molecule has 2 N–H and O–H groups in total. The van der Waals surface area contributed by atoms with E-state index < -0.39 is 11.4 Å². The van der Waals surface area contributed by atoms with Crippen molar-refractivity contribution in [3.8, 4) is 5.69 Å². The number of likely N-dealkylation sites (tertiary alicyclic amines) is 1. The molecule has 2 heterocycles. The Morgan fingerprint density at radius 1 is 1.15 bits per heavy atom. The van der Waals surface area contributed by atoms with Gasteiger partial charge in [0, 0.05) is 24.8 Å². The molecule has 1 aromatic heterocycles. The quantitative estimate of drug-likeness (QED) is 0.884. The summed E-state index contributed by atoms with van der Waals surface area (Å²) in [4.78, 5) is 25.3. The topological polar surface area (TPSA) is 87.5 Å². The van der Waals surface area contributed by atoms with Gasteiger partial charge in [-0.15, -0.1) is 5.10 Å². The number of benzene rings is 1. The van der Waals surface area contributed by atoms with Gasteiger partial charge in [-0.25, -0.2) is 9.48 Å². The maximum atomic E-state index is 12.5. The van der Waals surface area contributed by atoms with E-state index in [1.165, 1.54) is 4.90 Å². The lowest BCUT2D eigenvalue weighted by Crippen LogP contribution is -2.37. The van der Waals surface area contributed by atoms with Crippen molar-refractivity contribution in [2.75, 3.05) is 18.4 Å².